The molecule has 6 heteroatoms. The predicted molar refractivity (Wildman–Crippen MR) is 75.8 cm³/mol. The van der Waals surface area contributed by atoms with Crippen LogP contribution in [0.25, 0.3) is 0 Å². The van der Waals surface area contributed by atoms with Crippen molar-refractivity contribution >= 4 is 29.3 Å². The second-order valence-electron chi connectivity index (χ2n) is 5.27. The highest BCUT2D eigenvalue weighted by Crippen LogP contribution is 2.47. The number of rotatable bonds is 2. The Kier molecular flexibility index (Phi) is 3.20. The Hall–Kier alpha value is -1.56. The normalized spacial score (nSPS) is 28.6. The lowest BCUT2D eigenvalue weighted by Gasteiger charge is -2.29. The topological polar surface area (TPSA) is 49.4 Å². The number of hydrogen-bond acceptors (Lipinski definition) is 3. The van der Waals surface area contributed by atoms with Gasteiger partial charge in [-0.3, -0.25) is 9.59 Å². The molecule has 1 aromatic rings. The van der Waals surface area contributed by atoms with Gasteiger partial charge in [-0.25, -0.2) is 4.39 Å². The average molecular weight is 294 g/mol. The molecular weight excluding hydrogens is 279 g/mol. The third kappa shape index (κ3) is 2.18. The summed E-state index contributed by atoms with van der Waals surface area (Å²) >= 11 is 1.64. The van der Waals surface area contributed by atoms with Gasteiger partial charge >= 0.3 is 0 Å². The van der Waals surface area contributed by atoms with Crippen LogP contribution in [-0.2, 0) is 9.59 Å². The van der Waals surface area contributed by atoms with Gasteiger partial charge in [0.15, 0.2) is 0 Å². The standard InChI is InChI=1S/C14H15FN2O2S/c1-14-6-5-12(18)17(14)11(8-20-14)13(19)16-10-4-2-3-9(15)7-10/h2-4,7,11H,5-6,8H2,1H3,(H,16,19)/t11-,14-/m1/s1. The maximum atomic E-state index is 13.1. The molecule has 4 nitrogen and oxygen atoms in total. The van der Waals surface area contributed by atoms with Gasteiger partial charge in [0.2, 0.25) is 11.8 Å². The van der Waals surface area contributed by atoms with Gasteiger partial charge in [-0.1, -0.05) is 6.07 Å². The number of hydrogen-bond donors (Lipinski definition) is 1. The molecule has 0 spiro atoms. The Morgan fingerprint density at radius 2 is 2.35 bits per heavy atom. The van der Waals surface area contributed by atoms with Gasteiger partial charge in [0, 0.05) is 17.9 Å². The summed E-state index contributed by atoms with van der Waals surface area (Å²) in [5, 5.41) is 2.69. The summed E-state index contributed by atoms with van der Waals surface area (Å²) in [5.74, 6) is -0.0340. The van der Waals surface area contributed by atoms with E-state index in [9.17, 15) is 14.0 Å². The minimum atomic E-state index is -0.469. The van der Waals surface area contributed by atoms with Crippen molar-refractivity contribution in [2.45, 2.75) is 30.7 Å². The molecule has 2 atom stereocenters. The first-order valence-corrected chi connectivity index (χ1v) is 7.51. The highest BCUT2D eigenvalue weighted by molar-refractivity contribution is 8.01. The summed E-state index contributed by atoms with van der Waals surface area (Å²) in [5.41, 5.74) is 0.417. The van der Waals surface area contributed by atoms with E-state index in [2.05, 4.69) is 5.32 Å². The first kappa shape index (κ1) is 13.4. The molecule has 20 heavy (non-hydrogen) atoms. The molecule has 2 amide bonds. The Labute approximate surface area is 120 Å². The Balaban J connectivity index is 1.76. The van der Waals surface area contributed by atoms with E-state index >= 15 is 0 Å². The van der Waals surface area contributed by atoms with Gasteiger partial charge in [0.05, 0.1) is 4.87 Å². The summed E-state index contributed by atoms with van der Waals surface area (Å²) in [6.45, 7) is 2.00. The molecule has 0 saturated carbocycles. The number of carbonyl (C=O) groups is 2. The molecule has 0 bridgehead atoms. The van der Waals surface area contributed by atoms with E-state index in [0.29, 0.717) is 17.9 Å². The van der Waals surface area contributed by atoms with Gasteiger partial charge in [-0.05, 0) is 31.5 Å². The number of carbonyl (C=O) groups excluding carboxylic acids is 2. The SMILES string of the molecule is C[C@@]12CCC(=O)N1[C@@H](C(=O)Nc1cccc(F)c1)CS2. The van der Waals surface area contributed by atoms with Crippen LogP contribution in [0, 0.1) is 5.82 Å². The molecule has 0 unspecified atom stereocenters. The van der Waals surface area contributed by atoms with Gasteiger partial charge < -0.3 is 10.2 Å². The Morgan fingerprint density at radius 1 is 1.55 bits per heavy atom. The van der Waals surface area contributed by atoms with Gasteiger partial charge in [-0.2, -0.15) is 0 Å². The molecule has 1 aromatic carbocycles. The van der Waals surface area contributed by atoms with Gasteiger partial charge in [-0.15, -0.1) is 11.8 Å². The van der Waals surface area contributed by atoms with Crippen LogP contribution < -0.4 is 5.32 Å². The molecule has 2 saturated heterocycles. The lowest BCUT2D eigenvalue weighted by atomic mass is 10.2. The van der Waals surface area contributed by atoms with E-state index in [1.165, 1.54) is 12.1 Å². The molecule has 2 aliphatic rings. The average Bonchev–Trinajstić information content (AvgIpc) is 2.87. The quantitative estimate of drug-likeness (QED) is 0.910. The zero-order valence-corrected chi connectivity index (χ0v) is 11.9. The monoisotopic (exact) mass is 294 g/mol. The number of fused-ring (bicyclic) bond motifs is 1. The lowest BCUT2D eigenvalue weighted by molar-refractivity contribution is -0.135. The summed E-state index contributed by atoms with van der Waals surface area (Å²) < 4.78 is 13.1. The third-order valence-electron chi connectivity index (χ3n) is 3.84. The van der Waals surface area contributed by atoms with Crippen molar-refractivity contribution in [1.82, 2.24) is 4.90 Å². The summed E-state index contributed by atoms with van der Waals surface area (Å²) in [4.78, 5) is 25.7. The molecule has 3 rings (SSSR count). The van der Waals surface area contributed by atoms with E-state index in [1.807, 2.05) is 6.92 Å². The zero-order valence-electron chi connectivity index (χ0n) is 11.1. The fraction of sp³-hybridized carbons (Fsp3) is 0.429. The number of halogens is 1. The highest BCUT2D eigenvalue weighted by Gasteiger charge is 2.52. The Morgan fingerprint density at radius 3 is 3.10 bits per heavy atom. The van der Waals surface area contributed by atoms with E-state index < -0.39 is 11.9 Å². The zero-order chi connectivity index (χ0) is 14.3. The van der Waals surface area contributed by atoms with Crippen LogP contribution >= 0.6 is 11.8 Å². The van der Waals surface area contributed by atoms with E-state index in [1.54, 1.807) is 28.8 Å². The third-order valence-corrected chi connectivity index (χ3v) is 5.34. The smallest absolute Gasteiger partial charge is 0.248 e. The van der Waals surface area contributed by atoms with Crippen molar-refractivity contribution in [2.24, 2.45) is 0 Å². The molecule has 0 aliphatic carbocycles. The molecule has 2 heterocycles. The second-order valence-corrected chi connectivity index (χ2v) is 6.77. The first-order chi connectivity index (χ1) is 9.49. The van der Waals surface area contributed by atoms with Crippen LogP contribution in [0.1, 0.15) is 19.8 Å². The van der Waals surface area contributed by atoms with Crippen LogP contribution in [0.15, 0.2) is 24.3 Å². The van der Waals surface area contributed by atoms with Crippen molar-refractivity contribution in [1.29, 1.82) is 0 Å². The molecular formula is C14H15FN2O2S. The number of amides is 2. The van der Waals surface area contributed by atoms with E-state index in [0.717, 1.165) is 6.42 Å². The number of thioether (sulfide) groups is 1. The number of nitrogens with zero attached hydrogens (tertiary/aromatic N) is 1. The fourth-order valence-corrected chi connectivity index (χ4v) is 4.24. The molecule has 2 aliphatic heterocycles. The van der Waals surface area contributed by atoms with Gasteiger partial charge in [0.25, 0.3) is 0 Å². The van der Waals surface area contributed by atoms with Crippen molar-refractivity contribution in [3.63, 3.8) is 0 Å². The van der Waals surface area contributed by atoms with Crippen molar-refractivity contribution < 1.29 is 14.0 Å². The van der Waals surface area contributed by atoms with Crippen molar-refractivity contribution in [2.75, 3.05) is 11.1 Å². The van der Waals surface area contributed by atoms with Crippen molar-refractivity contribution in [3.05, 3.63) is 30.1 Å². The maximum Gasteiger partial charge on any atom is 0.248 e. The highest BCUT2D eigenvalue weighted by atomic mass is 32.2. The van der Waals surface area contributed by atoms with Crippen molar-refractivity contribution in [3.8, 4) is 0 Å². The van der Waals surface area contributed by atoms with E-state index in [-0.39, 0.29) is 16.7 Å². The summed E-state index contributed by atoms with van der Waals surface area (Å²) in [7, 11) is 0. The van der Waals surface area contributed by atoms with Crippen LogP contribution in [0.3, 0.4) is 0 Å². The summed E-state index contributed by atoms with van der Waals surface area (Å²) in [6.07, 6.45) is 1.27. The molecule has 0 radical (unpaired) electrons. The number of benzene rings is 1. The molecule has 106 valence electrons. The number of nitrogens with one attached hydrogen (secondary N) is 1. The maximum absolute atomic E-state index is 13.1. The molecule has 1 N–H and O–H groups in total. The second kappa shape index (κ2) is 4.77. The molecule has 0 aromatic heterocycles. The van der Waals surface area contributed by atoms with E-state index in [4.69, 9.17) is 0 Å². The Bertz CT molecular complexity index is 580. The van der Waals surface area contributed by atoms with Crippen LogP contribution in [0.5, 0.6) is 0 Å². The summed E-state index contributed by atoms with van der Waals surface area (Å²) in [6, 6.07) is 5.30. The largest absolute Gasteiger partial charge is 0.324 e. The van der Waals surface area contributed by atoms with Crippen LogP contribution in [0.2, 0.25) is 0 Å². The first-order valence-electron chi connectivity index (χ1n) is 6.52. The minimum Gasteiger partial charge on any atom is -0.324 e. The fourth-order valence-electron chi connectivity index (χ4n) is 2.81. The lowest BCUT2D eigenvalue weighted by Crippen LogP contribution is -2.48. The van der Waals surface area contributed by atoms with Gasteiger partial charge in [0.1, 0.15) is 11.9 Å². The number of anilines is 1. The van der Waals surface area contributed by atoms with Crippen LogP contribution in [-0.4, -0.2) is 33.4 Å². The minimum absolute atomic E-state index is 0.0249. The molecule has 2 fully saturated rings. The van der Waals surface area contributed by atoms with Crippen LogP contribution in [0.4, 0.5) is 10.1 Å². The predicted octanol–water partition coefficient (Wildman–Crippen LogP) is 2.22.